The van der Waals surface area contributed by atoms with Gasteiger partial charge in [0.2, 0.25) is 0 Å². The largest absolute Gasteiger partial charge is 0.482 e. The van der Waals surface area contributed by atoms with Crippen molar-refractivity contribution in [2.45, 2.75) is 6.42 Å². The molecule has 2 aromatic carbocycles. The summed E-state index contributed by atoms with van der Waals surface area (Å²) in [6.07, 6.45) is 0.184. The van der Waals surface area contributed by atoms with E-state index in [-0.39, 0.29) is 24.6 Å². The van der Waals surface area contributed by atoms with E-state index in [1.54, 1.807) is 36.4 Å². The lowest BCUT2D eigenvalue weighted by atomic mass is 10.1. The van der Waals surface area contributed by atoms with Crippen molar-refractivity contribution >= 4 is 29.1 Å². The Hall–Kier alpha value is -3.13. The standard InChI is InChI=1S/C16H14ClN3O5/c17-12-3-7-14(8-4-12)24-10-16(21)25-19-15(18)9-11-1-5-13(6-2-11)20(22)23/h1-8H,9-10H2,(H2,18,19). The normalized spacial score (nSPS) is 11.0. The van der Waals surface area contributed by atoms with Crippen molar-refractivity contribution in [3.05, 3.63) is 69.2 Å². The van der Waals surface area contributed by atoms with Crippen LogP contribution in [0.5, 0.6) is 5.75 Å². The maximum atomic E-state index is 11.5. The number of non-ortho nitro benzene ring substituents is 1. The fraction of sp³-hybridized carbons (Fsp3) is 0.125. The van der Waals surface area contributed by atoms with Gasteiger partial charge in [-0.1, -0.05) is 28.9 Å². The summed E-state index contributed by atoms with van der Waals surface area (Å²) >= 11 is 5.74. The summed E-state index contributed by atoms with van der Waals surface area (Å²) in [5.74, 6) is -0.209. The smallest absolute Gasteiger partial charge is 0.372 e. The molecule has 0 amide bonds. The molecule has 130 valence electrons. The van der Waals surface area contributed by atoms with Gasteiger partial charge in [-0.3, -0.25) is 10.1 Å². The predicted octanol–water partition coefficient (Wildman–Crippen LogP) is 2.69. The number of oxime groups is 1. The van der Waals surface area contributed by atoms with E-state index in [4.69, 9.17) is 22.1 Å². The topological polar surface area (TPSA) is 117 Å². The maximum Gasteiger partial charge on any atom is 0.372 e. The Morgan fingerprint density at radius 1 is 1.16 bits per heavy atom. The second kappa shape index (κ2) is 8.65. The number of benzene rings is 2. The van der Waals surface area contributed by atoms with E-state index in [0.29, 0.717) is 16.3 Å². The minimum atomic E-state index is -0.721. The molecule has 9 heteroatoms. The number of carbonyl (C=O) groups excluding carboxylic acids is 1. The molecule has 0 saturated carbocycles. The highest BCUT2D eigenvalue weighted by Crippen LogP contribution is 2.15. The molecule has 0 bridgehead atoms. The number of carbonyl (C=O) groups is 1. The monoisotopic (exact) mass is 363 g/mol. The van der Waals surface area contributed by atoms with Crippen LogP contribution in [0.25, 0.3) is 0 Å². The summed E-state index contributed by atoms with van der Waals surface area (Å²) in [6.45, 7) is -0.337. The Bertz CT molecular complexity index is 775. The minimum absolute atomic E-state index is 0.0231. The number of nitrogens with two attached hydrogens (primary N) is 1. The van der Waals surface area contributed by atoms with Crippen LogP contribution in [0.2, 0.25) is 5.02 Å². The van der Waals surface area contributed by atoms with Crippen LogP contribution >= 0.6 is 11.6 Å². The Labute approximate surface area is 147 Å². The third-order valence-electron chi connectivity index (χ3n) is 2.97. The summed E-state index contributed by atoms with van der Waals surface area (Å²) in [6, 6.07) is 12.3. The summed E-state index contributed by atoms with van der Waals surface area (Å²) in [4.78, 5) is 26.3. The quantitative estimate of drug-likeness (QED) is 0.266. The van der Waals surface area contributed by atoms with Gasteiger partial charge in [0.15, 0.2) is 6.61 Å². The lowest BCUT2D eigenvalue weighted by Crippen LogP contribution is -2.18. The third-order valence-corrected chi connectivity index (χ3v) is 3.22. The van der Waals surface area contributed by atoms with Gasteiger partial charge in [0.05, 0.1) is 4.92 Å². The number of nitro groups is 1. The summed E-state index contributed by atoms with van der Waals surface area (Å²) < 4.78 is 5.20. The van der Waals surface area contributed by atoms with Gasteiger partial charge in [-0.05, 0) is 29.8 Å². The Kier molecular flexibility index (Phi) is 6.30. The molecule has 0 radical (unpaired) electrons. The zero-order valence-corrected chi connectivity index (χ0v) is 13.7. The Balaban J connectivity index is 1.80. The van der Waals surface area contributed by atoms with Gasteiger partial charge in [0.1, 0.15) is 11.6 Å². The van der Waals surface area contributed by atoms with E-state index in [1.807, 2.05) is 0 Å². The van der Waals surface area contributed by atoms with E-state index in [2.05, 4.69) is 9.99 Å². The number of hydrogen-bond acceptors (Lipinski definition) is 6. The zero-order valence-electron chi connectivity index (χ0n) is 12.9. The zero-order chi connectivity index (χ0) is 18.2. The number of amidine groups is 1. The second-order valence-corrected chi connectivity index (χ2v) is 5.33. The molecule has 0 fully saturated rings. The van der Waals surface area contributed by atoms with Gasteiger partial charge in [-0.25, -0.2) is 4.79 Å². The van der Waals surface area contributed by atoms with Crippen molar-refractivity contribution in [1.29, 1.82) is 0 Å². The average Bonchev–Trinajstić information content (AvgIpc) is 2.60. The molecule has 8 nitrogen and oxygen atoms in total. The summed E-state index contributed by atoms with van der Waals surface area (Å²) in [7, 11) is 0. The van der Waals surface area contributed by atoms with Crippen LogP contribution in [0.1, 0.15) is 5.56 Å². The molecule has 0 atom stereocenters. The molecule has 0 aliphatic heterocycles. The number of halogens is 1. The van der Waals surface area contributed by atoms with E-state index in [0.717, 1.165) is 0 Å². The highest BCUT2D eigenvalue weighted by atomic mass is 35.5. The van der Waals surface area contributed by atoms with E-state index in [1.165, 1.54) is 12.1 Å². The van der Waals surface area contributed by atoms with Gasteiger partial charge in [-0.2, -0.15) is 0 Å². The molecule has 0 aromatic heterocycles. The molecular formula is C16H14ClN3O5. The van der Waals surface area contributed by atoms with Gasteiger partial charge in [0, 0.05) is 23.6 Å². The van der Waals surface area contributed by atoms with Crippen LogP contribution in [0.4, 0.5) is 5.69 Å². The summed E-state index contributed by atoms with van der Waals surface area (Å²) in [5, 5.41) is 14.6. The molecule has 2 N–H and O–H groups in total. The lowest BCUT2D eigenvalue weighted by Gasteiger charge is -2.04. The Morgan fingerprint density at radius 2 is 1.80 bits per heavy atom. The molecule has 0 unspecified atom stereocenters. The molecule has 2 rings (SSSR count). The van der Waals surface area contributed by atoms with E-state index in [9.17, 15) is 14.9 Å². The number of ether oxygens (including phenoxy) is 1. The van der Waals surface area contributed by atoms with E-state index >= 15 is 0 Å². The van der Waals surface area contributed by atoms with Crippen molar-refractivity contribution < 1.29 is 19.3 Å². The van der Waals surface area contributed by atoms with Crippen LogP contribution in [0, 0.1) is 10.1 Å². The fourth-order valence-electron chi connectivity index (χ4n) is 1.79. The summed E-state index contributed by atoms with van der Waals surface area (Å²) in [5.41, 5.74) is 6.33. The maximum absolute atomic E-state index is 11.5. The first-order chi connectivity index (χ1) is 11.9. The molecule has 0 saturated heterocycles. The molecular weight excluding hydrogens is 350 g/mol. The molecule has 0 heterocycles. The Morgan fingerprint density at radius 3 is 2.40 bits per heavy atom. The minimum Gasteiger partial charge on any atom is -0.482 e. The molecule has 0 aliphatic carbocycles. The van der Waals surface area contributed by atoms with Crippen LogP contribution in [0.15, 0.2) is 53.7 Å². The number of nitro benzene ring substituents is 1. The lowest BCUT2D eigenvalue weighted by molar-refractivity contribution is -0.384. The van der Waals surface area contributed by atoms with Crippen LogP contribution in [0.3, 0.4) is 0 Å². The highest BCUT2D eigenvalue weighted by molar-refractivity contribution is 6.30. The fourth-order valence-corrected chi connectivity index (χ4v) is 1.91. The van der Waals surface area contributed by atoms with Crippen molar-refractivity contribution in [2.24, 2.45) is 10.9 Å². The predicted molar refractivity (Wildman–Crippen MR) is 91.5 cm³/mol. The molecule has 2 aromatic rings. The van der Waals surface area contributed by atoms with Crippen molar-refractivity contribution in [3.63, 3.8) is 0 Å². The average molecular weight is 364 g/mol. The van der Waals surface area contributed by atoms with Crippen LogP contribution in [-0.2, 0) is 16.1 Å². The van der Waals surface area contributed by atoms with Crippen molar-refractivity contribution in [2.75, 3.05) is 6.61 Å². The van der Waals surface area contributed by atoms with Gasteiger partial charge in [-0.15, -0.1) is 0 Å². The highest BCUT2D eigenvalue weighted by Gasteiger charge is 2.07. The first kappa shape index (κ1) is 18.2. The SMILES string of the molecule is N/C(Cc1ccc([N+](=O)[O-])cc1)=N\OC(=O)COc1ccc(Cl)cc1. The van der Waals surface area contributed by atoms with Gasteiger partial charge < -0.3 is 15.3 Å². The molecule has 0 spiro atoms. The first-order valence-electron chi connectivity index (χ1n) is 7.08. The van der Waals surface area contributed by atoms with Gasteiger partial charge in [0.25, 0.3) is 5.69 Å². The van der Waals surface area contributed by atoms with Crippen molar-refractivity contribution in [3.8, 4) is 5.75 Å². The van der Waals surface area contributed by atoms with Gasteiger partial charge >= 0.3 is 5.97 Å². The number of hydrogen-bond donors (Lipinski definition) is 1. The third kappa shape index (κ3) is 6.11. The first-order valence-corrected chi connectivity index (χ1v) is 7.46. The molecule has 25 heavy (non-hydrogen) atoms. The van der Waals surface area contributed by atoms with Crippen LogP contribution in [-0.4, -0.2) is 23.3 Å². The number of nitrogens with zero attached hydrogens (tertiary/aromatic N) is 2. The second-order valence-electron chi connectivity index (χ2n) is 4.89. The number of rotatable bonds is 7. The van der Waals surface area contributed by atoms with E-state index < -0.39 is 10.9 Å². The van der Waals surface area contributed by atoms with Crippen molar-refractivity contribution in [1.82, 2.24) is 0 Å². The molecule has 0 aliphatic rings. The van der Waals surface area contributed by atoms with Crippen LogP contribution < -0.4 is 10.5 Å².